The molecule has 2 atom stereocenters. The fourth-order valence-corrected chi connectivity index (χ4v) is 3.41. The summed E-state index contributed by atoms with van der Waals surface area (Å²) in [6, 6.07) is 5.41. The van der Waals surface area contributed by atoms with E-state index in [1.54, 1.807) is 12.1 Å². The zero-order valence-corrected chi connectivity index (χ0v) is 15.5. The highest BCUT2D eigenvalue weighted by Crippen LogP contribution is 2.36. The number of carbonyl (C=O) groups excluding carboxylic acids is 1. The SMILES string of the molecule is COc1cc(/C=C(\C#N)C(=O)NC2CCCCC2C)cc(Cl)c1OC. The van der Waals surface area contributed by atoms with Crippen molar-refractivity contribution in [1.29, 1.82) is 5.26 Å². The van der Waals surface area contributed by atoms with Crippen LogP contribution in [0.4, 0.5) is 0 Å². The number of hydrogen-bond donors (Lipinski definition) is 1. The molecule has 0 radical (unpaired) electrons. The van der Waals surface area contributed by atoms with Crippen molar-refractivity contribution in [1.82, 2.24) is 5.32 Å². The first-order chi connectivity index (χ1) is 12.0. The van der Waals surface area contributed by atoms with E-state index in [4.69, 9.17) is 21.1 Å². The monoisotopic (exact) mass is 362 g/mol. The number of rotatable bonds is 5. The molecular weight excluding hydrogens is 340 g/mol. The number of hydrogen-bond acceptors (Lipinski definition) is 4. The first-order valence-electron chi connectivity index (χ1n) is 8.34. The molecule has 1 aliphatic carbocycles. The minimum atomic E-state index is -0.354. The van der Waals surface area contributed by atoms with Crippen molar-refractivity contribution < 1.29 is 14.3 Å². The van der Waals surface area contributed by atoms with Crippen molar-refractivity contribution in [3.63, 3.8) is 0 Å². The molecule has 0 bridgehead atoms. The third-order valence-corrected chi connectivity index (χ3v) is 4.84. The average Bonchev–Trinajstić information content (AvgIpc) is 2.60. The van der Waals surface area contributed by atoms with Gasteiger partial charge in [0.1, 0.15) is 11.6 Å². The van der Waals surface area contributed by atoms with E-state index in [-0.39, 0.29) is 17.5 Å². The summed E-state index contributed by atoms with van der Waals surface area (Å²) in [6.07, 6.45) is 5.86. The summed E-state index contributed by atoms with van der Waals surface area (Å²) >= 11 is 6.18. The first-order valence-corrected chi connectivity index (χ1v) is 8.72. The smallest absolute Gasteiger partial charge is 0.262 e. The van der Waals surface area contributed by atoms with Crippen LogP contribution in [0.2, 0.25) is 5.02 Å². The van der Waals surface area contributed by atoms with Gasteiger partial charge in [-0.2, -0.15) is 5.26 Å². The van der Waals surface area contributed by atoms with E-state index in [1.165, 1.54) is 26.7 Å². The van der Waals surface area contributed by atoms with Gasteiger partial charge in [0.25, 0.3) is 5.91 Å². The molecule has 1 N–H and O–H groups in total. The Morgan fingerprint density at radius 1 is 1.32 bits per heavy atom. The summed E-state index contributed by atoms with van der Waals surface area (Å²) in [5.41, 5.74) is 0.645. The maximum atomic E-state index is 12.5. The molecule has 0 spiro atoms. The normalized spacial score (nSPS) is 20.5. The van der Waals surface area contributed by atoms with Crippen molar-refractivity contribution in [3.8, 4) is 17.6 Å². The van der Waals surface area contributed by atoms with Gasteiger partial charge < -0.3 is 14.8 Å². The summed E-state index contributed by atoms with van der Waals surface area (Å²) in [5.74, 6) is 0.931. The van der Waals surface area contributed by atoms with Gasteiger partial charge in [-0.3, -0.25) is 4.79 Å². The summed E-state index contributed by atoms with van der Waals surface area (Å²) < 4.78 is 10.4. The molecule has 134 valence electrons. The first kappa shape index (κ1) is 19.1. The lowest BCUT2D eigenvalue weighted by molar-refractivity contribution is -0.118. The summed E-state index contributed by atoms with van der Waals surface area (Å²) in [7, 11) is 3.00. The largest absolute Gasteiger partial charge is 0.493 e. The molecule has 1 amide bonds. The van der Waals surface area contributed by atoms with Gasteiger partial charge in [-0.25, -0.2) is 0 Å². The molecule has 1 fully saturated rings. The van der Waals surface area contributed by atoms with Crippen LogP contribution in [0.3, 0.4) is 0 Å². The highest BCUT2D eigenvalue weighted by Gasteiger charge is 2.24. The van der Waals surface area contributed by atoms with Crippen molar-refractivity contribution in [2.24, 2.45) is 5.92 Å². The van der Waals surface area contributed by atoms with Crippen LogP contribution in [-0.4, -0.2) is 26.2 Å². The summed E-state index contributed by atoms with van der Waals surface area (Å²) in [4.78, 5) is 12.5. The third-order valence-electron chi connectivity index (χ3n) is 4.56. The van der Waals surface area contributed by atoms with Gasteiger partial charge in [-0.1, -0.05) is 31.4 Å². The number of amides is 1. The van der Waals surface area contributed by atoms with E-state index in [0.29, 0.717) is 28.0 Å². The van der Waals surface area contributed by atoms with Crippen LogP contribution in [0, 0.1) is 17.2 Å². The standard InChI is InChI=1S/C19H23ClN2O3/c1-12-6-4-5-7-16(12)22-19(23)14(11-21)8-13-9-15(20)18(25-3)17(10-13)24-2/h8-10,12,16H,4-7H2,1-3H3,(H,22,23)/b14-8+. The van der Waals surface area contributed by atoms with E-state index in [2.05, 4.69) is 12.2 Å². The lowest BCUT2D eigenvalue weighted by Gasteiger charge is -2.29. The fourth-order valence-electron chi connectivity index (χ4n) is 3.11. The van der Waals surface area contributed by atoms with Crippen molar-refractivity contribution in [2.45, 2.75) is 38.6 Å². The molecule has 25 heavy (non-hydrogen) atoms. The van der Waals surface area contributed by atoms with Crippen molar-refractivity contribution >= 4 is 23.6 Å². The molecule has 0 heterocycles. The van der Waals surface area contributed by atoms with Crippen LogP contribution in [0.5, 0.6) is 11.5 Å². The second kappa shape index (κ2) is 8.77. The summed E-state index contributed by atoms with van der Waals surface area (Å²) in [5, 5.41) is 12.7. The maximum absolute atomic E-state index is 12.5. The van der Waals surface area contributed by atoms with E-state index >= 15 is 0 Å². The number of carbonyl (C=O) groups is 1. The Morgan fingerprint density at radius 2 is 2.04 bits per heavy atom. The second-order valence-electron chi connectivity index (χ2n) is 6.25. The molecule has 0 aromatic heterocycles. The molecule has 1 aromatic rings. The van der Waals surface area contributed by atoms with E-state index in [0.717, 1.165) is 19.3 Å². The molecule has 1 saturated carbocycles. The van der Waals surface area contributed by atoms with Crippen molar-refractivity contribution in [3.05, 3.63) is 28.3 Å². The molecular formula is C19H23ClN2O3. The minimum Gasteiger partial charge on any atom is -0.493 e. The number of nitrogens with one attached hydrogen (secondary N) is 1. The van der Waals surface area contributed by atoms with Gasteiger partial charge in [-0.05, 0) is 42.5 Å². The van der Waals surface area contributed by atoms with Crippen LogP contribution in [0.25, 0.3) is 6.08 Å². The Labute approximate surface area is 153 Å². The zero-order valence-electron chi connectivity index (χ0n) is 14.8. The number of methoxy groups -OCH3 is 2. The topological polar surface area (TPSA) is 71.3 Å². The second-order valence-corrected chi connectivity index (χ2v) is 6.66. The Bertz CT molecular complexity index is 709. The molecule has 2 unspecified atom stereocenters. The molecule has 0 aliphatic heterocycles. The quantitative estimate of drug-likeness (QED) is 0.635. The molecule has 1 aromatic carbocycles. The van der Waals surface area contributed by atoms with Gasteiger partial charge in [0.15, 0.2) is 11.5 Å². The Morgan fingerprint density at radius 3 is 2.64 bits per heavy atom. The molecule has 1 aliphatic rings. The van der Waals surface area contributed by atoms with E-state index in [1.807, 2.05) is 6.07 Å². The average molecular weight is 363 g/mol. The molecule has 0 saturated heterocycles. The van der Waals surface area contributed by atoms with E-state index < -0.39 is 0 Å². The van der Waals surface area contributed by atoms with Gasteiger partial charge in [-0.15, -0.1) is 0 Å². The predicted octanol–water partition coefficient (Wildman–Crippen LogP) is 3.96. The zero-order chi connectivity index (χ0) is 18.4. The van der Waals surface area contributed by atoms with E-state index in [9.17, 15) is 10.1 Å². The molecule has 6 heteroatoms. The Balaban J connectivity index is 2.23. The number of nitrogens with zero attached hydrogens (tertiary/aromatic N) is 1. The van der Waals surface area contributed by atoms with Crippen LogP contribution in [-0.2, 0) is 4.79 Å². The summed E-state index contributed by atoms with van der Waals surface area (Å²) in [6.45, 7) is 2.13. The van der Waals surface area contributed by atoms with Gasteiger partial charge in [0, 0.05) is 6.04 Å². The number of halogens is 1. The van der Waals surface area contributed by atoms with Crippen LogP contribution in [0.15, 0.2) is 17.7 Å². The molecule has 2 rings (SSSR count). The fraction of sp³-hybridized carbons (Fsp3) is 0.474. The third kappa shape index (κ3) is 4.67. The van der Waals surface area contributed by atoms with Gasteiger partial charge in [0.05, 0.1) is 19.2 Å². The Kier molecular flexibility index (Phi) is 6.72. The number of benzene rings is 1. The van der Waals surface area contributed by atoms with Gasteiger partial charge >= 0.3 is 0 Å². The maximum Gasteiger partial charge on any atom is 0.262 e. The highest BCUT2D eigenvalue weighted by molar-refractivity contribution is 6.32. The van der Waals surface area contributed by atoms with Crippen LogP contribution in [0.1, 0.15) is 38.2 Å². The lowest BCUT2D eigenvalue weighted by Crippen LogP contribution is -2.41. The van der Waals surface area contributed by atoms with Crippen LogP contribution >= 0.6 is 11.6 Å². The number of ether oxygens (including phenoxy) is 2. The van der Waals surface area contributed by atoms with Crippen LogP contribution < -0.4 is 14.8 Å². The predicted molar refractivity (Wildman–Crippen MR) is 97.7 cm³/mol. The minimum absolute atomic E-state index is 0.0426. The van der Waals surface area contributed by atoms with Crippen molar-refractivity contribution in [2.75, 3.05) is 14.2 Å². The lowest BCUT2D eigenvalue weighted by atomic mass is 9.86. The number of nitriles is 1. The highest BCUT2D eigenvalue weighted by atomic mass is 35.5. The van der Waals surface area contributed by atoms with Gasteiger partial charge in [0.2, 0.25) is 0 Å². The molecule has 5 nitrogen and oxygen atoms in total. The Hall–Kier alpha value is -2.19.